The van der Waals surface area contributed by atoms with Gasteiger partial charge < -0.3 is 16.3 Å². The minimum Gasteiger partial charge on any atom is -0.409 e. The Morgan fingerprint density at radius 3 is 2.72 bits per heavy atom. The van der Waals surface area contributed by atoms with Crippen molar-refractivity contribution in [1.82, 2.24) is 0 Å². The predicted molar refractivity (Wildman–Crippen MR) is 67.1 cm³/mol. The zero-order chi connectivity index (χ0) is 13.5. The minimum absolute atomic E-state index is 0.00364. The lowest BCUT2D eigenvalue weighted by Gasteiger charge is -2.09. The van der Waals surface area contributed by atoms with Gasteiger partial charge in [-0.15, -0.1) is 0 Å². The number of anilines is 1. The van der Waals surface area contributed by atoms with Crippen LogP contribution in [0.3, 0.4) is 0 Å². The number of hydrogen-bond donors (Lipinski definition) is 3. The van der Waals surface area contributed by atoms with E-state index in [2.05, 4.69) is 10.5 Å². The fourth-order valence-corrected chi connectivity index (χ4v) is 1.67. The first-order valence-electron chi connectivity index (χ1n) is 5.39. The molecule has 1 rings (SSSR count). The maximum atomic E-state index is 13.3. The Balaban J connectivity index is 2.40. The van der Waals surface area contributed by atoms with Crippen molar-refractivity contribution < 1.29 is 14.0 Å². The van der Waals surface area contributed by atoms with E-state index in [0.717, 1.165) is 12.1 Å². The van der Waals surface area contributed by atoms with E-state index >= 15 is 0 Å². The predicted octanol–water partition coefficient (Wildman–Crippen LogP) is 2.95. The number of amidine groups is 1. The SMILES string of the molecule is NC(CCCCNc1c(F)cc(F)cc1Cl)=NO. The van der Waals surface area contributed by atoms with Crippen molar-refractivity contribution >= 4 is 23.1 Å². The average Bonchev–Trinajstić information content (AvgIpc) is 2.31. The molecule has 7 heteroatoms. The van der Waals surface area contributed by atoms with Crippen LogP contribution >= 0.6 is 11.6 Å². The number of nitrogens with two attached hydrogens (primary N) is 1. The Labute approximate surface area is 108 Å². The summed E-state index contributed by atoms with van der Waals surface area (Å²) in [6.07, 6.45) is 1.82. The molecular formula is C11H14ClF2N3O. The number of benzene rings is 1. The summed E-state index contributed by atoms with van der Waals surface area (Å²) in [5.41, 5.74) is 5.37. The largest absolute Gasteiger partial charge is 0.409 e. The molecule has 18 heavy (non-hydrogen) atoms. The third-order valence-electron chi connectivity index (χ3n) is 2.30. The van der Waals surface area contributed by atoms with Gasteiger partial charge in [0.2, 0.25) is 0 Å². The number of hydrogen-bond acceptors (Lipinski definition) is 3. The van der Waals surface area contributed by atoms with Gasteiger partial charge in [0, 0.05) is 19.0 Å². The minimum atomic E-state index is -0.726. The molecule has 0 fully saturated rings. The van der Waals surface area contributed by atoms with Gasteiger partial charge in [-0.25, -0.2) is 8.78 Å². The van der Waals surface area contributed by atoms with Crippen molar-refractivity contribution in [2.75, 3.05) is 11.9 Å². The summed E-state index contributed by atoms with van der Waals surface area (Å²) < 4.78 is 26.1. The highest BCUT2D eigenvalue weighted by molar-refractivity contribution is 6.33. The van der Waals surface area contributed by atoms with Gasteiger partial charge in [0.05, 0.1) is 10.7 Å². The second-order valence-electron chi connectivity index (χ2n) is 3.72. The number of nitrogens with one attached hydrogen (secondary N) is 1. The van der Waals surface area contributed by atoms with Crippen LogP contribution in [0, 0.1) is 11.6 Å². The molecule has 0 aromatic heterocycles. The molecule has 0 saturated heterocycles. The normalized spacial score (nSPS) is 11.6. The topological polar surface area (TPSA) is 70.6 Å². The van der Waals surface area contributed by atoms with Crippen molar-refractivity contribution in [3.8, 4) is 0 Å². The third-order valence-corrected chi connectivity index (χ3v) is 2.59. The van der Waals surface area contributed by atoms with Crippen molar-refractivity contribution in [2.45, 2.75) is 19.3 Å². The first-order valence-corrected chi connectivity index (χ1v) is 5.77. The molecule has 0 bridgehead atoms. The average molecular weight is 278 g/mol. The molecule has 0 aliphatic rings. The van der Waals surface area contributed by atoms with Crippen LogP contribution in [0.25, 0.3) is 0 Å². The van der Waals surface area contributed by atoms with Gasteiger partial charge in [-0.2, -0.15) is 0 Å². The fourth-order valence-electron chi connectivity index (χ4n) is 1.41. The maximum Gasteiger partial charge on any atom is 0.150 e. The second-order valence-corrected chi connectivity index (χ2v) is 4.13. The number of rotatable bonds is 6. The summed E-state index contributed by atoms with van der Waals surface area (Å²) in [6.45, 7) is 0.459. The van der Waals surface area contributed by atoms with E-state index in [0.29, 0.717) is 25.8 Å². The van der Waals surface area contributed by atoms with Crippen LogP contribution < -0.4 is 11.1 Å². The third kappa shape index (κ3) is 4.37. The van der Waals surface area contributed by atoms with Crippen LogP contribution in [0.5, 0.6) is 0 Å². The molecule has 0 aliphatic heterocycles. The first-order chi connectivity index (χ1) is 8.54. The second kappa shape index (κ2) is 7.00. The van der Waals surface area contributed by atoms with E-state index in [-0.39, 0.29) is 16.5 Å². The van der Waals surface area contributed by atoms with E-state index in [9.17, 15) is 8.78 Å². The lowest BCUT2D eigenvalue weighted by Crippen LogP contribution is -2.12. The van der Waals surface area contributed by atoms with Crippen LogP contribution in [0.2, 0.25) is 5.02 Å². The molecule has 0 aliphatic carbocycles. The molecule has 0 saturated carbocycles. The zero-order valence-electron chi connectivity index (χ0n) is 9.59. The van der Waals surface area contributed by atoms with Crippen molar-refractivity contribution in [3.05, 3.63) is 28.8 Å². The first kappa shape index (κ1) is 14.5. The van der Waals surface area contributed by atoms with E-state index in [1.807, 2.05) is 0 Å². The van der Waals surface area contributed by atoms with Gasteiger partial charge in [-0.05, 0) is 18.9 Å². The Morgan fingerprint density at radius 1 is 1.39 bits per heavy atom. The lowest BCUT2D eigenvalue weighted by atomic mass is 10.2. The monoisotopic (exact) mass is 277 g/mol. The van der Waals surface area contributed by atoms with Crippen LogP contribution in [0.1, 0.15) is 19.3 Å². The number of halogens is 3. The van der Waals surface area contributed by atoms with Crippen LogP contribution in [0.4, 0.5) is 14.5 Å². The van der Waals surface area contributed by atoms with E-state index < -0.39 is 11.6 Å². The van der Waals surface area contributed by atoms with Gasteiger partial charge in [-0.1, -0.05) is 16.8 Å². The molecule has 1 aromatic rings. The molecule has 0 amide bonds. The van der Waals surface area contributed by atoms with Crippen molar-refractivity contribution in [1.29, 1.82) is 0 Å². The highest BCUT2D eigenvalue weighted by Crippen LogP contribution is 2.26. The van der Waals surface area contributed by atoms with Gasteiger partial charge in [0.25, 0.3) is 0 Å². The van der Waals surface area contributed by atoms with E-state index in [4.69, 9.17) is 22.5 Å². The highest BCUT2D eigenvalue weighted by atomic mass is 35.5. The lowest BCUT2D eigenvalue weighted by molar-refractivity contribution is 0.316. The molecular weight excluding hydrogens is 264 g/mol. The Morgan fingerprint density at radius 2 is 2.11 bits per heavy atom. The number of unbranched alkanes of at least 4 members (excludes halogenated alkanes) is 1. The zero-order valence-corrected chi connectivity index (χ0v) is 10.3. The smallest absolute Gasteiger partial charge is 0.150 e. The van der Waals surface area contributed by atoms with Crippen LogP contribution in [-0.2, 0) is 0 Å². The molecule has 4 nitrogen and oxygen atoms in total. The van der Waals surface area contributed by atoms with Gasteiger partial charge >= 0.3 is 0 Å². The van der Waals surface area contributed by atoms with Gasteiger partial charge in [-0.3, -0.25) is 0 Å². The van der Waals surface area contributed by atoms with Gasteiger partial charge in [0.15, 0.2) is 5.82 Å². The molecule has 0 radical (unpaired) electrons. The molecule has 0 atom stereocenters. The summed E-state index contributed by atoms with van der Waals surface area (Å²) in [5, 5.41) is 13.9. The number of oxime groups is 1. The Kier molecular flexibility index (Phi) is 5.64. The molecule has 100 valence electrons. The summed E-state index contributed by atoms with van der Waals surface area (Å²) in [7, 11) is 0. The molecule has 1 aromatic carbocycles. The van der Waals surface area contributed by atoms with E-state index in [1.54, 1.807) is 0 Å². The Hall–Kier alpha value is -1.56. The van der Waals surface area contributed by atoms with Crippen molar-refractivity contribution in [2.24, 2.45) is 10.9 Å². The maximum absolute atomic E-state index is 13.3. The van der Waals surface area contributed by atoms with Crippen LogP contribution in [-0.4, -0.2) is 17.6 Å². The quantitative estimate of drug-likeness (QED) is 0.246. The van der Waals surface area contributed by atoms with Crippen LogP contribution in [0.15, 0.2) is 17.3 Å². The number of nitrogens with zero attached hydrogens (tertiary/aromatic N) is 1. The summed E-state index contributed by atoms with van der Waals surface area (Å²) in [4.78, 5) is 0. The molecule has 0 unspecified atom stereocenters. The summed E-state index contributed by atoms with van der Waals surface area (Å²) >= 11 is 5.71. The fraction of sp³-hybridized carbons (Fsp3) is 0.364. The summed E-state index contributed by atoms with van der Waals surface area (Å²) in [5.74, 6) is -1.28. The van der Waals surface area contributed by atoms with E-state index in [1.165, 1.54) is 0 Å². The standard InChI is InChI=1S/C11H14ClF2N3O/c12-8-5-7(13)6-9(14)11(8)16-4-2-1-3-10(15)17-18/h5-6,16,18H,1-4H2,(H2,15,17). The molecule has 0 heterocycles. The van der Waals surface area contributed by atoms with Crippen molar-refractivity contribution in [3.63, 3.8) is 0 Å². The highest BCUT2D eigenvalue weighted by Gasteiger charge is 2.08. The summed E-state index contributed by atoms with van der Waals surface area (Å²) in [6, 6.07) is 1.81. The Bertz CT molecular complexity index is 417. The molecule has 0 spiro atoms. The molecule has 4 N–H and O–H groups in total. The van der Waals surface area contributed by atoms with Gasteiger partial charge in [0.1, 0.15) is 11.7 Å².